The number of aromatic nitrogens is 2. The molecule has 0 fully saturated rings. The molecule has 1 aromatic rings. The molecule has 0 spiro atoms. The molecule has 0 aromatic carbocycles. The highest BCUT2D eigenvalue weighted by Crippen LogP contribution is 1.98. The number of carboxylic acid groups (broad SMARTS) is 1. The summed E-state index contributed by atoms with van der Waals surface area (Å²) in [7, 11) is 0. The van der Waals surface area contributed by atoms with Crippen molar-refractivity contribution in [3.8, 4) is 0 Å². The molecule has 0 unspecified atom stereocenters. The van der Waals surface area contributed by atoms with Crippen LogP contribution in [0.5, 0.6) is 0 Å². The highest BCUT2D eigenvalue weighted by atomic mass is 16.4. The largest absolute Gasteiger partial charge is 0.480 e. The van der Waals surface area contributed by atoms with Crippen molar-refractivity contribution in [3.63, 3.8) is 0 Å². The summed E-state index contributed by atoms with van der Waals surface area (Å²) in [5.41, 5.74) is -1.84. The van der Waals surface area contributed by atoms with Crippen LogP contribution in [0.15, 0.2) is 28.3 Å². The van der Waals surface area contributed by atoms with Gasteiger partial charge in [0.15, 0.2) is 0 Å². The van der Waals surface area contributed by atoms with E-state index in [1.165, 1.54) is 6.08 Å². The Bertz CT molecular complexity index is 557. The van der Waals surface area contributed by atoms with Gasteiger partial charge in [0, 0.05) is 12.6 Å². The van der Waals surface area contributed by atoms with Crippen molar-refractivity contribution in [1.82, 2.24) is 14.9 Å². The Kier molecular flexibility index (Phi) is 4.19. The van der Waals surface area contributed by atoms with E-state index in [4.69, 9.17) is 5.11 Å². The van der Waals surface area contributed by atoms with Crippen LogP contribution in [0.2, 0.25) is 0 Å². The fourth-order valence-corrected chi connectivity index (χ4v) is 1.29. The van der Waals surface area contributed by atoms with Crippen molar-refractivity contribution in [3.05, 3.63) is 45.3 Å². The van der Waals surface area contributed by atoms with Gasteiger partial charge < -0.3 is 15.0 Å². The molecule has 0 aliphatic heterocycles. The maximum atomic E-state index is 11.9. The second kappa shape index (κ2) is 5.62. The number of carbonyl (C=O) groups is 2. The number of nitrogens with zero attached hydrogens (tertiary/aromatic N) is 1. The van der Waals surface area contributed by atoms with Gasteiger partial charge in [0.25, 0.3) is 11.5 Å². The molecule has 0 saturated heterocycles. The summed E-state index contributed by atoms with van der Waals surface area (Å²) in [5.74, 6) is -1.97. The van der Waals surface area contributed by atoms with Crippen LogP contribution >= 0.6 is 0 Å². The maximum Gasteiger partial charge on any atom is 0.326 e. The van der Waals surface area contributed by atoms with Crippen molar-refractivity contribution in [1.29, 1.82) is 0 Å². The van der Waals surface area contributed by atoms with E-state index in [-0.39, 0.29) is 12.2 Å². The van der Waals surface area contributed by atoms with E-state index in [1.54, 1.807) is 0 Å². The van der Waals surface area contributed by atoms with Crippen LogP contribution < -0.4 is 11.2 Å². The second-order valence-electron chi connectivity index (χ2n) is 3.37. The number of nitrogens with one attached hydrogen (secondary N) is 2. The molecular weight excluding hydrogens is 242 g/mol. The fourth-order valence-electron chi connectivity index (χ4n) is 1.29. The Hall–Kier alpha value is -2.64. The summed E-state index contributed by atoms with van der Waals surface area (Å²) in [6.45, 7) is 2.82. The minimum Gasteiger partial charge on any atom is -0.480 e. The number of carbonyl (C=O) groups excluding carboxylic acids is 1. The minimum absolute atomic E-state index is 0.0139. The summed E-state index contributed by atoms with van der Waals surface area (Å²) in [5, 5.41) is 8.65. The Balaban J connectivity index is 3.08. The number of aliphatic carboxylic acids is 1. The topological polar surface area (TPSA) is 123 Å². The third-order valence-corrected chi connectivity index (χ3v) is 1.95. The van der Waals surface area contributed by atoms with E-state index in [1.807, 2.05) is 4.98 Å². The first-order valence-corrected chi connectivity index (χ1v) is 4.89. The van der Waals surface area contributed by atoms with Gasteiger partial charge in [-0.3, -0.25) is 19.4 Å². The number of hydrogen-bond donors (Lipinski definition) is 3. The van der Waals surface area contributed by atoms with Crippen LogP contribution in [0, 0.1) is 0 Å². The Morgan fingerprint density at radius 1 is 1.39 bits per heavy atom. The van der Waals surface area contributed by atoms with Gasteiger partial charge in [-0.15, -0.1) is 6.58 Å². The van der Waals surface area contributed by atoms with Crippen LogP contribution in [0.4, 0.5) is 0 Å². The Morgan fingerprint density at radius 3 is 2.56 bits per heavy atom. The fraction of sp³-hybridized carbons (Fsp3) is 0.200. The molecule has 0 atom stereocenters. The quantitative estimate of drug-likeness (QED) is 0.567. The average Bonchev–Trinajstić information content (AvgIpc) is 2.25. The minimum atomic E-state index is -1.21. The molecule has 1 rings (SSSR count). The van der Waals surface area contributed by atoms with Crippen LogP contribution in [0.25, 0.3) is 0 Å². The highest BCUT2D eigenvalue weighted by molar-refractivity contribution is 5.94. The van der Waals surface area contributed by atoms with E-state index in [0.717, 1.165) is 11.0 Å². The lowest BCUT2D eigenvalue weighted by Gasteiger charge is -2.18. The van der Waals surface area contributed by atoms with Crippen LogP contribution in [0.1, 0.15) is 10.5 Å². The first kappa shape index (κ1) is 13.4. The number of aromatic amines is 2. The van der Waals surface area contributed by atoms with Crippen molar-refractivity contribution in [2.75, 3.05) is 13.1 Å². The molecule has 3 N–H and O–H groups in total. The van der Waals surface area contributed by atoms with E-state index in [2.05, 4.69) is 11.6 Å². The molecular formula is C10H11N3O5. The van der Waals surface area contributed by atoms with E-state index in [9.17, 15) is 19.2 Å². The molecule has 1 heterocycles. The zero-order chi connectivity index (χ0) is 13.7. The van der Waals surface area contributed by atoms with Gasteiger partial charge in [-0.1, -0.05) is 6.08 Å². The van der Waals surface area contributed by atoms with E-state index < -0.39 is 29.7 Å². The normalized spacial score (nSPS) is 9.78. The van der Waals surface area contributed by atoms with Gasteiger partial charge in [0.1, 0.15) is 12.2 Å². The molecule has 0 radical (unpaired) electrons. The Labute approximate surface area is 101 Å². The molecule has 18 heavy (non-hydrogen) atoms. The third-order valence-electron chi connectivity index (χ3n) is 1.95. The number of carboxylic acids is 1. The van der Waals surface area contributed by atoms with Crippen LogP contribution in [-0.2, 0) is 4.79 Å². The Morgan fingerprint density at radius 2 is 2.06 bits per heavy atom. The average molecular weight is 253 g/mol. The molecule has 0 saturated carbocycles. The smallest absolute Gasteiger partial charge is 0.326 e. The molecule has 0 aliphatic rings. The SMILES string of the molecule is C=CCN(CC(=O)O)C(=O)c1cc(=O)[nH]c(=O)[nH]1. The van der Waals surface area contributed by atoms with Crippen molar-refractivity contribution < 1.29 is 14.7 Å². The second-order valence-corrected chi connectivity index (χ2v) is 3.37. The third kappa shape index (κ3) is 3.44. The lowest BCUT2D eigenvalue weighted by molar-refractivity contribution is -0.137. The lowest BCUT2D eigenvalue weighted by atomic mass is 10.3. The molecule has 96 valence electrons. The number of rotatable bonds is 5. The van der Waals surface area contributed by atoms with Crippen molar-refractivity contribution in [2.24, 2.45) is 0 Å². The monoisotopic (exact) mass is 253 g/mol. The zero-order valence-corrected chi connectivity index (χ0v) is 9.30. The summed E-state index contributed by atoms with van der Waals surface area (Å²) in [6, 6.07) is 0.891. The first-order valence-electron chi connectivity index (χ1n) is 4.89. The summed E-state index contributed by atoms with van der Waals surface area (Å²) in [4.78, 5) is 49.5. The van der Waals surface area contributed by atoms with Gasteiger partial charge in [0.05, 0.1) is 0 Å². The van der Waals surface area contributed by atoms with Gasteiger partial charge in [-0.2, -0.15) is 0 Å². The standard InChI is InChI=1S/C10H11N3O5/c1-2-3-13(5-8(15)16)9(17)6-4-7(14)12-10(18)11-6/h2,4H,1,3,5H2,(H,15,16)(H2,11,12,14,18). The number of amides is 1. The van der Waals surface area contributed by atoms with Gasteiger partial charge >= 0.3 is 11.7 Å². The van der Waals surface area contributed by atoms with E-state index in [0.29, 0.717) is 0 Å². The van der Waals surface area contributed by atoms with Gasteiger partial charge in [-0.05, 0) is 0 Å². The van der Waals surface area contributed by atoms with Crippen molar-refractivity contribution in [2.45, 2.75) is 0 Å². The van der Waals surface area contributed by atoms with Crippen molar-refractivity contribution >= 4 is 11.9 Å². The lowest BCUT2D eigenvalue weighted by Crippen LogP contribution is -2.38. The maximum absolute atomic E-state index is 11.9. The van der Waals surface area contributed by atoms with Crippen LogP contribution in [0.3, 0.4) is 0 Å². The molecule has 8 nitrogen and oxygen atoms in total. The summed E-state index contributed by atoms with van der Waals surface area (Å²) >= 11 is 0. The molecule has 0 aliphatic carbocycles. The number of hydrogen-bond acceptors (Lipinski definition) is 4. The number of H-pyrrole nitrogens is 2. The highest BCUT2D eigenvalue weighted by Gasteiger charge is 2.18. The molecule has 1 aromatic heterocycles. The summed E-state index contributed by atoms with van der Waals surface area (Å²) < 4.78 is 0. The van der Waals surface area contributed by atoms with Gasteiger partial charge in [0.2, 0.25) is 0 Å². The molecule has 0 bridgehead atoms. The van der Waals surface area contributed by atoms with Gasteiger partial charge in [-0.25, -0.2) is 4.79 Å². The van der Waals surface area contributed by atoms with Crippen LogP contribution in [-0.4, -0.2) is 44.9 Å². The summed E-state index contributed by atoms with van der Waals surface area (Å²) in [6.07, 6.45) is 1.34. The van der Waals surface area contributed by atoms with E-state index >= 15 is 0 Å². The zero-order valence-electron chi connectivity index (χ0n) is 9.30. The molecule has 1 amide bonds. The first-order chi connectivity index (χ1) is 8.43. The predicted octanol–water partition coefficient (Wildman–Crippen LogP) is -1.22. The predicted molar refractivity (Wildman–Crippen MR) is 61.4 cm³/mol. The molecule has 8 heteroatoms.